The molecule has 11 heteroatoms. The normalized spacial score (nSPS) is 49.7. The van der Waals surface area contributed by atoms with Crippen LogP contribution in [0.15, 0.2) is 24.3 Å². The van der Waals surface area contributed by atoms with E-state index in [9.17, 15) is 9.90 Å². The monoisotopic (exact) mass is 688 g/mol. The van der Waals surface area contributed by atoms with Crippen LogP contribution in [0, 0.1) is 47.3 Å². The summed E-state index contributed by atoms with van der Waals surface area (Å²) in [5.74, 6) is 3.94. The summed E-state index contributed by atoms with van der Waals surface area (Å²) in [6.45, 7) is 0. The van der Waals surface area contributed by atoms with Gasteiger partial charge in [-0.15, -0.1) is 0 Å². The second-order valence-electron chi connectivity index (χ2n) is 17.6. The highest BCUT2D eigenvalue weighted by molar-refractivity contribution is 5.90. The average molecular weight is 689 g/mol. The van der Waals surface area contributed by atoms with Gasteiger partial charge in [-0.3, -0.25) is 42.5 Å². The van der Waals surface area contributed by atoms with Gasteiger partial charge in [0.15, 0.2) is 0 Å². The van der Waals surface area contributed by atoms with Gasteiger partial charge in [-0.2, -0.15) is 0 Å². The highest BCUT2D eigenvalue weighted by Crippen LogP contribution is 2.46. The molecule has 11 nitrogen and oxygen atoms in total. The molecule has 0 spiro atoms. The lowest BCUT2D eigenvalue weighted by molar-refractivity contribution is 0.0405. The summed E-state index contributed by atoms with van der Waals surface area (Å²) < 4.78 is 6.80. The third kappa shape index (κ3) is 5.73. The molecule has 8 bridgehead atoms. The molecule has 5 saturated heterocycles. The van der Waals surface area contributed by atoms with E-state index < -0.39 is 5.97 Å². The van der Waals surface area contributed by atoms with E-state index in [-0.39, 0.29) is 48.4 Å². The van der Waals surface area contributed by atoms with Crippen molar-refractivity contribution in [3.8, 4) is 5.75 Å². The molecule has 17 atom stereocenters. The summed E-state index contributed by atoms with van der Waals surface area (Å²) in [7, 11) is 0. The van der Waals surface area contributed by atoms with Crippen molar-refractivity contribution < 1.29 is 14.6 Å². The molecule has 50 heavy (non-hydrogen) atoms. The SMILES string of the molecule is O=C(O)c1ccccc1OC1CCCC2C3NC4NC(NC5NC(NC6NC(NC(N3)C12)C1CCCCC61)C1CCCCC51)C1CCCCC41. The van der Waals surface area contributed by atoms with Crippen molar-refractivity contribution in [1.29, 1.82) is 0 Å². The molecule has 0 radical (unpaired) electrons. The van der Waals surface area contributed by atoms with Gasteiger partial charge in [0, 0.05) is 5.92 Å². The molecule has 17 unspecified atom stereocenters. The van der Waals surface area contributed by atoms with Gasteiger partial charge in [0.25, 0.3) is 0 Å². The van der Waals surface area contributed by atoms with Crippen LogP contribution in [0.3, 0.4) is 0 Å². The van der Waals surface area contributed by atoms with Crippen LogP contribution in [0.25, 0.3) is 0 Å². The fraction of sp³-hybridized carbons (Fsp3) is 0.821. The number of carboxylic acid groups (broad SMARTS) is 1. The van der Waals surface area contributed by atoms with Gasteiger partial charge < -0.3 is 9.84 Å². The predicted octanol–water partition coefficient (Wildman–Crippen LogP) is 3.36. The molecule has 4 aliphatic carbocycles. The average Bonchev–Trinajstić information content (AvgIpc) is 3.88. The first-order valence-electron chi connectivity index (χ1n) is 20.7. The number of benzene rings is 1. The van der Waals surface area contributed by atoms with Crippen molar-refractivity contribution in [1.82, 2.24) is 42.5 Å². The van der Waals surface area contributed by atoms with Crippen LogP contribution < -0.4 is 47.3 Å². The van der Waals surface area contributed by atoms with Crippen LogP contribution in [0.4, 0.5) is 0 Å². The lowest BCUT2D eigenvalue weighted by atomic mass is 9.75. The quantitative estimate of drug-likeness (QED) is 0.231. The van der Waals surface area contributed by atoms with Crippen molar-refractivity contribution >= 4 is 5.97 Å². The summed E-state index contributed by atoms with van der Waals surface area (Å²) in [5, 5.41) is 43.6. The standard InChI is InChI=1S/C39H60N8O3/c48-39(49)26-16-7-8-18-28(26)50-29-19-9-17-27-30(29)38-46-36-25-15-6-5-14-24(25)34(44-36)42-32-21-11-2-1-10-20(21)31(40-32)41-33-22-12-3-4-13-23(22)35(43-33)45-37(27)47-38/h7-8,16,18,20-25,27,29-38,40-47H,1-6,9-15,17,19H2,(H,48,49). The largest absolute Gasteiger partial charge is 0.489 e. The molecule has 4 saturated carbocycles. The number of carboxylic acids is 1. The van der Waals surface area contributed by atoms with Gasteiger partial charge in [-0.1, -0.05) is 50.7 Å². The van der Waals surface area contributed by atoms with Crippen molar-refractivity contribution in [3.05, 3.63) is 29.8 Å². The van der Waals surface area contributed by atoms with E-state index in [0.29, 0.717) is 65.7 Å². The maximum atomic E-state index is 12.2. The van der Waals surface area contributed by atoms with Crippen LogP contribution >= 0.6 is 0 Å². The number of carbonyl (C=O) groups is 1. The molecule has 0 aromatic heterocycles. The van der Waals surface area contributed by atoms with Gasteiger partial charge in [0.05, 0.1) is 49.3 Å². The number of para-hydroxylation sites is 1. The van der Waals surface area contributed by atoms with E-state index in [0.717, 1.165) is 19.3 Å². The Morgan fingerprint density at radius 2 is 0.840 bits per heavy atom. The topological polar surface area (TPSA) is 143 Å². The first kappa shape index (κ1) is 32.8. The van der Waals surface area contributed by atoms with E-state index >= 15 is 0 Å². The van der Waals surface area contributed by atoms with Crippen molar-refractivity contribution in [3.63, 3.8) is 0 Å². The number of rotatable bonds is 3. The summed E-state index contributed by atoms with van der Waals surface area (Å²) in [5.41, 5.74) is 0.252. The van der Waals surface area contributed by atoms with Gasteiger partial charge in [0.1, 0.15) is 17.4 Å². The van der Waals surface area contributed by atoms with Gasteiger partial charge in [-0.25, -0.2) is 4.79 Å². The molecule has 274 valence electrons. The van der Waals surface area contributed by atoms with E-state index in [1.165, 1.54) is 77.0 Å². The summed E-state index contributed by atoms with van der Waals surface area (Å²) in [6, 6.07) is 7.20. The Morgan fingerprint density at radius 3 is 1.26 bits per heavy atom. The smallest absolute Gasteiger partial charge is 0.339 e. The highest BCUT2D eigenvalue weighted by atomic mass is 16.5. The van der Waals surface area contributed by atoms with E-state index in [1.54, 1.807) is 12.1 Å². The zero-order chi connectivity index (χ0) is 33.3. The minimum atomic E-state index is -0.929. The Labute approximate surface area is 297 Å². The first-order valence-corrected chi connectivity index (χ1v) is 20.7. The number of aromatic carboxylic acids is 1. The minimum absolute atomic E-state index is 0.0562. The van der Waals surface area contributed by atoms with Gasteiger partial charge in [-0.05, 0) is 111 Å². The Morgan fingerprint density at radius 1 is 0.480 bits per heavy atom. The van der Waals surface area contributed by atoms with E-state index in [2.05, 4.69) is 42.5 Å². The molecule has 1 aromatic rings. The van der Waals surface area contributed by atoms with Crippen molar-refractivity contribution in [2.75, 3.05) is 0 Å². The van der Waals surface area contributed by atoms with Crippen LogP contribution in [-0.4, -0.2) is 66.5 Å². The molecule has 5 aliphatic heterocycles. The summed E-state index contributed by atoms with van der Waals surface area (Å²) in [4.78, 5) is 12.2. The zero-order valence-electron chi connectivity index (χ0n) is 29.5. The van der Waals surface area contributed by atoms with Crippen molar-refractivity contribution in [2.45, 2.75) is 152 Å². The Hall–Kier alpha value is -1.83. The Bertz CT molecular complexity index is 1400. The first-order chi connectivity index (χ1) is 24.6. The second kappa shape index (κ2) is 13.5. The number of fused-ring (bicyclic) bond motifs is 20. The second-order valence-corrected chi connectivity index (χ2v) is 17.6. The zero-order valence-corrected chi connectivity index (χ0v) is 29.5. The molecule has 9 N–H and O–H groups in total. The third-order valence-corrected chi connectivity index (χ3v) is 15.2. The van der Waals surface area contributed by atoms with Crippen LogP contribution in [0.5, 0.6) is 5.75 Å². The lowest BCUT2D eigenvalue weighted by Gasteiger charge is -2.39. The number of ether oxygens (including phenoxy) is 1. The Kier molecular flexibility index (Phi) is 8.88. The Balaban J connectivity index is 0.995. The molecule has 0 amide bonds. The van der Waals surface area contributed by atoms with Gasteiger partial charge >= 0.3 is 5.97 Å². The maximum Gasteiger partial charge on any atom is 0.339 e. The molecule has 1 aromatic carbocycles. The van der Waals surface area contributed by atoms with E-state index in [4.69, 9.17) is 4.74 Å². The number of nitrogens with one attached hydrogen (secondary N) is 8. The molecule has 10 rings (SSSR count). The lowest BCUT2D eigenvalue weighted by Crippen LogP contribution is -2.62. The van der Waals surface area contributed by atoms with Crippen LogP contribution in [0.2, 0.25) is 0 Å². The van der Waals surface area contributed by atoms with Gasteiger partial charge in [0.2, 0.25) is 0 Å². The minimum Gasteiger partial charge on any atom is -0.489 e. The fourth-order valence-electron chi connectivity index (χ4n) is 13.0. The fourth-order valence-corrected chi connectivity index (χ4v) is 13.0. The van der Waals surface area contributed by atoms with Crippen LogP contribution in [0.1, 0.15) is 107 Å². The predicted molar refractivity (Wildman–Crippen MR) is 190 cm³/mol. The molecule has 9 aliphatic rings. The molecular weight excluding hydrogens is 628 g/mol. The molecular formula is C39H60N8O3. The van der Waals surface area contributed by atoms with Crippen LogP contribution in [-0.2, 0) is 0 Å². The highest BCUT2D eigenvalue weighted by Gasteiger charge is 2.56. The number of hydrogen-bond donors (Lipinski definition) is 9. The van der Waals surface area contributed by atoms with E-state index in [1.807, 2.05) is 12.1 Å². The maximum absolute atomic E-state index is 12.2. The number of hydrogen-bond acceptors (Lipinski definition) is 10. The summed E-state index contributed by atoms with van der Waals surface area (Å²) in [6.07, 6.45) is 20.7. The molecule has 5 heterocycles. The van der Waals surface area contributed by atoms with Crippen molar-refractivity contribution in [2.24, 2.45) is 47.3 Å². The third-order valence-electron chi connectivity index (χ3n) is 15.2. The molecule has 9 fully saturated rings. The summed E-state index contributed by atoms with van der Waals surface area (Å²) >= 11 is 0.